The van der Waals surface area contributed by atoms with Gasteiger partial charge in [-0.05, 0) is 78.7 Å². The van der Waals surface area contributed by atoms with Crippen molar-refractivity contribution in [1.29, 1.82) is 0 Å². The number of benzene rings is 3. The van der Waals surface area contributed by atoms with Gasteiger partial charge in [-0.2, -0.15) is 5.10 Å². The van der Waals surface area contributed by atoms with Crippen LogP contribution in [0, 0.1) is 6.92 Å². The standard InChI is InChI=1S/C23H20BrN3O3/c1-16-3-2-4-20(13-16)26-22(28)15-30-21-11-5-17(6-12-21)14-25-27-23(29)18-7-9-19(24)10-8-18/h2-14H,15H2,1H3,(H,26,28)(H,27,29)/b25-14-. The highest BCUT2D eigenvalue weighted by atomic mass is 79.9. The van der Waals surface area contributed by atoms with Gasteiger partial charge in [0.2, 0.25) is 0 Å². The van der Waals surface area contributed by atoms with Crippen molar-refractivity contribution < 1.29 is 14.3 Å². The molecule has 0 aromatic heterocycles. The number of rotatable bonds is 7. The summed E-state index contributed by atoms with van der Waals surface area (Å²) in [5.41, 5.74) is 5.58. The second-order valence-electron chi connectivity index (χ2n) is 6.48. The van der Waals surface area contributed by atoms with E-state index in [-0.39, 0.29) is 18.4 Å². The lowest BCUT2D eigenvalue weighted by molar-refractivity contribution is -0.118. The van der Waals surface area contributed by atoms with Gasteiger partial charge in [0, 0.05) is 15.7 Å². The summed E-state index contributed by atoms with van der Waals surface area (Å²) in [5, 5.41) is 6.75. The van der Waals surface area contributed by atoms with Crippen LogP contribution in [-0.2, 0) is 4.79 Å². The maximum atomic E-state index is 12.0. The molecule has 30 heavy (non-hydrogen) atoms. The van der Waals surface area contributed by atoms with Gasteiger partial charge in [0.05, 0.1) is 6.21 Å². The fraction of sp³-hybridized carbons (Fsp3) is 0.0870. The molecule has 0 aliphatic heterocycles. The molecule has 2 amide bonds. The fourth-order valence-electron chi connectivity index (χ4n) is 2.55. The van der Waals surface area contributed by atoms with Crippen LogP contribution in [0.1, 0.15) is 21.5 Å². The van der Waals surface area contributed by atoms with Gasteiger partial charge in [0.15, 0.2) is 6.61 Å². The number of amides is 2. The van der Waals surface area contributed by atoms with Crippen molar-refractivity contribution >= 4 is 39.6 Å². The maximum Gasteiger partial charge on any atom is 0.271 e. The zero-order chi connectivity index (χ0) is 21.3. The lowest BCUT2D eigenvalue weighted by Gasteiger charge is -2.08. The van der Waals surface area contributed by atoms with E-state index in [1.807, 2.05) is 31.2 Å². The van der Waals surface area contributed by atoms with Crippen molar-refractivity contribution in [2.75, 3.05) is 11.9 Å². The maximum absolute atomic E-state index is 12.0. The van der Waals surface area contributed by atoms with Crippen molar-refractivity contribution in [2.24, 2.45) is 5.10 Å². The average molecular weight is 466 g/mol. The van der Waals surface area contributed by atoms with E-state index in [0.29, 0.717) is 11.3 Å². The molecule has 0 aliphatic rings. The molecular formula is C23H20BrN3O3. The number of nitrogens with zero attached hydrogens (tertiary/aromatic N) is 1. The third-order valence-corrected chi connectivity index (χ3v) is 4.57. The Hall–Kier alpha value is -3.45. The zero-order valence-corrected chi connectivity index (χ0v) is 17.8. The van der Waals surface area contributed by atoms with Crippen LogP contribution in [0.25, 0.3) is 0 Å². The number of nitrogens with one attached hydrogen (secondary N) is 2. The van der Waals surface area contributed by atoms with Crippen molar-refractivity contribution in [3.63, 3.8) is 0 Å². The predicted molar refractivity (Wildman–Crippen MR) is 121 cm³/mol. The van der Waals surface area contributed by atoms with Gasteiger partial charge in [-0.15, -0.1) is 0 Å². The highest BCUT2D eigenvalue weighted by molar-refractivity contribution is 9.10. The first kappa shape index (κ1) is 21.3. The number of carbonyl (C=O) groups excluding carboxylic acids is 2. The minimum Gasteiger partial charge on any atom is -0.484 e. The molecule has 0 radical (unpaired) electrons. The summed E-state index contributed by atoms with van der Waals surface area (Å²) in [7, 11) is 0. The summed E-state index contributed by atoms with van der Waals surface area (Å²) < 4.78 is 6.41. The molecule has 0 spiro atoms. The van der Waals surface area contributed by atoms with Crippen LogP contribution >= 0.6 is 15.9 Å². The van der Waals surface area contributed by atoms with Crippen molar-refractivity contribution in [1.82, 2.24) is 5.43 Å². The predicted octanol–water partition coefficient (Wildman–Crippen LogP) is 4.54. The van der Waals surface area contributed by atoms with Crippen molar-refractivity contribution in [2.45, 2.75) is 6.92 Å². The van der Waals surface area contributed by atoms with Crippen LogP contribution in [0.4, 0.5) is 5.69 Å². The minimum atomic E-state index is -0.293. The number of aryl methyl sites for hydroxylation is 1. The van der Waals surface area contributed by atoms with Crippen LogP contribution in [0.3, 0.4) is 0 Å². The van der Waals surface area contributed by atoms with E-state index >= 15 is 0 Å². The molecule has 0 heterocycles. The smallest absolute Gasteiger partial charge is 0.271 e. The summed E-state index contributed by atoms with van der Waals surface area (Å²) in [4.78, 5) is 24.0. The van der Waals surface area contributed by atoms with E-state index in [4.69, 9.17) is 4.74 Å². The van der Waals surface area contributed by atoms with Crippen molar-refractivity contribution in [3.05, 3.63) is 94.0 Å². The lowest BCUT2D eigenvalue weighted by atomic mass is 10.2. The Morgan fingerprint density at radius 3 is 2.47 bits per heavy atom. The number of hydrogen-bond donors (Lipinski definition) is 2. The first-order valence-electron chi connectivity index (χ1n) is 9.18. The van der Waals surface area contributed by atoms with Crippen LogP contribution in [0.2, 0.25) is 0 Å². The second-order valence-corrected chi connectivity index (χ2v) is 7.40. The third kappa shape index (κ3) is 6.56. The van der Waals surface area contributed by atoms with Crippen LogP contribution in [-0.4, -0.2) is 24.6 Å². The van der Waals surface area contributed by atoms with Gasteiger partial charge in [-0.1, -0.05) is 28.1 Å². The van der Waals surface area contributed by atoms with E-state index in [2.05, 4.69) is 31.8 Å². The first-order chi connectivity index (χ1) is 14.5. The van der Waals surface area contributed by atoms with E-state index < -0.39 is 0 Å². The first-order valence-corrected chi connectivity index (χ1v) is 9.97. The normalized spacial score (nSPS) is 10.6. The Morgan fingerprint density at radius 1 is 1.03 bits per heavy atom. The Labute approximate surface area is 183 Å². The molecule has 0 saturated carbocycles. The van der Waals surface area contributed by atoms with Crippen LogP contribution in [0.15, 0.2) is 82.4 Å². The second kappa shape index (κ2) is 10.4. The molecule has 0 atom stereocenters. The zero-order valence-electron chi connectivity index (χ0n) is 16.3. The third-order valence-electron chi connectivity index (χ3n) is 4.04. The summed E-state index contributed by atoms with van der Waals surface area (Å²) in [5.74, 6) is 0.0330. The molecule has 3 rings (SSSR count). The number of carbonyl (C=O) groups is 2. The number of hydrogen-bond acceptors (Lipinski definition) is 4. The summed E-state index contributed by atoms with van der Waals surface area (Å²) in [6.07, 6.45) is 1.53. The topological polar surface area (TPSA) is 79.8 Å². The Balaban J connectivity index is 1.46. The van der Waals surface area contributed by atoms with Crippen LogP contribution in [0.5, 0.6) is 5.75 Å². The number of halogens is 1. The molecule has 152 valence electrons. The molecule has 0 bridgehead atoms. The SMILES string of the molecule is Cc1cccc(NC(=O)COc2ccc(/C=N\NC(=O)c3ccc(Br)cc3)cc2)c1. The number of ether oxygens (including phenoxy) is 1. The fourth-order valence-corrected chi connectivity index (χ4v) is 2.81. The largest absolute Gasteiger partial charge is 0.484 e. The molecule has 0 aliphatic carbocycles. The molecular weight excluding hydrogens is 446 g/mol. The highest BCUT2D eigenvalue weighted by Crippen LogP contribution is 2.13. The van der Waals surface area contributed by atoms with Gasteiger partial charge >= 0.3 is 0 Å². The Kier molecular flexibility index (Phi) is 7.34. The van der Waals surface area contributed by atoms with Gasteiger partial charge in [-0.3, -0.25) is 9.59 Å². The van der Waals surface area contributed by atoms with Gasteiger partial charge < -0.3 is 10.1 Å². The number of anilines is 1. The van der Waals surface area contributed by atoms with E-state index in [1.54, 1.807) is 48.5 Å². The summed E-state index contributed by atoms with van der Waals surface area (Å²) in [6.45, 7) is 1.87. The molecule has 0 unspecified atom stereocenters. The number of hydrazone groups is 1. The van der Waals surface area contributed by atoms with E-state index in [9.17, 15) is 9.59 Å². The monoisotopic (exact) mass is 465 g/mol. The lowest BCUT2D eigenvalue weighted by Crippen LogP contribution is -2.20. The summed E-state index contributed by atoms with van der Waals surface area (Å²) in [6, 6.07) is 21.6. The molecule has 0 saturated heterocycles. The molecule has 7 heteroatoms. The minimum absolute atomic E-state index is 0.0926. The van der Waals surface area contributed by atoms with E-state index in [1.165, 1.54) is 6.21 Å². The molecule has 0 fully saturated rings. The molecule has 3 aromatic carbocycles. The Bertz CT molecular complexity index is 1050. The van der Waals surface area contributed by atoms with Crippen LogP contribution < -0.4 is 15.5 Å². The Morgan fingerprint density at radius 2 is 1.77 bits per heavy atom. The average Bonchev–Trinajstić information content (AvgIpc) is 2.73. The van der Waals surface area contributed by atoms with Gasteiger partial charge in [0.1, 0.15) is 5.75 Å². The van der Waals surface area contributed by atoms with E-state index in [0.717, 1.165) is 21.3 Å². The highest BCUT2D eigenvalue weighted by Gasteiger charge is 2.05. The summed E-state index contributed by atoms with van der Waals surface area (Å²) >= 11 is 3.33. The molecule has 3 aromatic rings. The van der Waals surface area contributed by atoms with Crippen molar-refractivity contribution in [3.8, 4) is 5.75 Å². The van der Waals surface area contributed by atoms with Gasteiger partial charge in [-0.25, -0.2) is 5.43 Å². The molecule has 6 nitrogen and oxygen atoms in total. The quantitative estimate of drug-likeness (QED) is 0.397. The molecule has 2 N–H and O–H groups in total. The van der Waals surface area contributed by atoms with Gasteiger partial charge in [0.25, 0.3) is 11.8 Å².